The maximum absolute atomic E-state index is 12.1. The fourth-order valence-corrected chi connectivity index (χ4v) is 2.14. The molecule has 0 aliphatic rings. The Bertz CT molecular complexity index is 630. The summed E-state index contributed by atoms with van der Waals surface area (Å²) >= 11 is 5.94. The van der Waals surface area contributed by atoms with E-state index >= 15 is 0 Å². The van der Waals surface area contributed by atoms with Crippen molar-refractivity contribution in [3.05, 3.63) is 59.1 Å². The number of nitrogens with one attached hydrogen (secondary N) is 1. The van der Waals surface area contributed by atoms with Crippen molar-refractivity contribution in [1.82, 2.24) is 0 Å². The molecule has 0 saturated heterocycles. The number of hydrogen-bond acceptors (Lipinski definition) is 4. The first-order valence-corrected chi connectivity index (χ1v) is 6.95. The third-order valence-corrected chi connectivity index (χ3v) is 3.10. The van der Waals surface area contributed by atoms with Gasteiger partial charge in [0.05, 0.1) is 6.61 Å². The van der Waals surface area contributed by atoms with E-state index in [1.165, 1.54) is 6.07 Å². The zero-order chi connectivity index (χ0) is 15.2. The van der Waals surface area contributed by atoms with Crippen molar-refractivity contribution in [2.45, 2.75) is 13.0 Å². The first kappa shape index (κ1) is 15.2. The lowest BCUT2D eigenvalue weighted by Gasteiger charge is -2.19. The van der Waals surface area contributed by atoms with Gasteiger partial charge in [-0.1, -0.05) is 29.8 Å². The Kier molecular flexibility index (Phi) is 5.06. The first-order valence-electron chi connectivity index (χ1n) is 6.58. The molecule has 0 aliphatic carbocycles. The molecule has 21 heavy (non-hydrogen) atoms. The average molecular weight is 306 g/mol. The van der Waals surface area contributed by atoms with E-state index in [2.05, 4.69) is 5.32 Å². The molecule has 0 aliphatic heterocycles. The Morgan fingerprint density at radius 3 is 2.71 bits per heavy atom. The van der Waals surface area contributed by atoms with Gasteiger partial charge in [0.25, 0.3) is 0 Å². The van der Waals surface area contributed by atoms with Crippen LogP contribution in [0.25, 0.3) is 0 Å². The SMILES string of the molecule is CCOC(=O)C(Nc1cccc(Cl)c1)c1cccc(O)c1. The van der Waals surface area contributed by atoms with Gasteiger partial charge in [0.2, 0.25) is 0 Å². The van der Waals surface area contributed by atoms with E-state index < -0.39 is 12.0 Å². The van der Waals surface area contributed by atoms with Crippen LogP contribution in [0.2, 0.25) is 5.02 Å². The average Bonchev–Trinajstić information content (AvgIpc) is 2.45. The number of ether oxygens (including phenoxy) is 1. The molecule has 2 rings (SSSR count). The van der Waals surface area contributed by atoms with Crippen LogP contribution < -0.4 is 5.32 Å². The Morgan fingerprint density at radius 2 is 2.05 bits per heavy atom. The van der Waals surface area contributed by atoms with Crippen LogP contribution in [-0.4, -0.2) is 17.7 Å². The van der Waals surface area contributed by atoms with Crippen molar-refractivity contribution < 1.29 is 14.6 Å². The highest BCUT2D eigenvalue weighted by Crippen LogP contribution is 2.25. The quantitative estimate of drug-likeness (QED) is 0.826. The molecule has 2 aromatic rings. The molecule has 0 aromatic heterocycles. The molecule has 0 radical (unpaired) electrons. The molecule has 1 unspecified atom stereocenters. The first-order chi connectivity index (χ1) is 10.1. The minimum absolute atomic E-state index is 0.0923. The summed E-state index contributed by atoms with van der Waals surface area (Å²) in [6, 6.07) is 12.8. The molecular formula is C16H16ClNO3. The number of esters is 1. The summed E-state index contributed by atoms with van der Waals surface area (Å²) < 4.78 is 5.08. The highest BCUT2D eigenvalue weighted by Gasteiger charge is 2.22. The summed E-state index contributed by atoms with van der Waals surface area (Å²) in [7, 11) is 0. The zero-order valence-electron chi connectivity index (χ0n) is 11.5. The van der Waals surface area contributed by atoms with Crippen LogP contribution in [-0.2, 0) is 9.53 Å². The maximum Gasteiger partial charge on any atom is 0.333 e. The standard InChI is InChI=1S/C16H16ClNO3/c1-2-21-16(20)15(11-5-3-8-14(19)9-11)18-13-7-4-6-12(17)10-13/h3-10,15,18-19H,2H2,1H3. The summed E-state index contributed by atoms with van der Waals surface area (Å²) in [5.41, 5.74) is 1.32. The van der Waals surface area contributed by atoms with E-state index in [1.54, 1.807) is 49.4 Å². The van der Waals surface area contributed by atoms with Gasteiger partial charge in [-0.25, -0.2) is 4.79 Å². The second kappa shape index (κ2) is 6.99. The summed E-state index contributed by atoms with van der Waals surface area (Å²) in [5.74, 6) is -0.322. The van der Waals surface area contributed by atoms with Crippen molar-refractivity contribution in [2.75, 3.05) is 11.9 Å². The minimum Gasteiger partial charge on any atom is -0.508 e. The lowest BCUT2D eigenvalue weighted by molar-refractivity contribution is -0.144. The molecule has 0 saturated carbocycles. The largest absolute Gasteiger partial charge is 0.508 e. The summed E-state index contributed by atoms with van der Waals surface area (Å²) in [6.07, 6.45) is 0. The number of halogens is 1. The highest BCUT2D eigenvalue weighted by atomic mass is 35.5. The molecule has 0 fully saturated rings. The maximum atomic E-state index is 12.1. The second-order valence-electron chi connectivity index (χ2n) is 4.43. The monoisotopic (exact) mass is 305 g/mol. The van der Waals surface area contributed by atoms with Gasteiger partial charge in [-0.3, -0.25) is 0 Å². The van der Waals surface area contributed by atoms with Crippen molar-refractivity contribution in [3.63, 3.8) is 0 Å². The number of benzene rings is 2. The van der Waals surface area contributed by atoms with Gasteiger partial charge in [-0.05, 0) is 42.8 Å². The van der Waals surface area contributed by atoms with Crippen LogP contribution in [0, 0.1) is 0 Å². The van der Waals surface area contributed by atoms with Crippen molar-refractivity contribution >= 4 is 23.3 Å². The van der Waals surface area contributed by atoms with Crippen LogP contribution in [0.3, 0.4) is 0 Å². The third-order valence-electron chi connectivity index (χ3n) is 2.86. The number of phenols is 1. The molecule has 2 N–H and O–H groups in total. The molecule has 0 spiro atoms. The van der Waals surface area contributed by atoms with Crippen LogP contribution >= 0.6 is 11.6 Å². The van der Waals surface area contributed by atoms with Gasteiger partial charge in [-0.15, -0.1) is 0 Å². The van der Waals surface area contributed by atoms with Crippen LogP contribution in [0.4, 0.5) is 5.69 Å². The molecule has 4 nitrogen and oxygen atoms in total. The Balaban J connectivity index is 2.30. The van der Waals surface area contributed by atoms with E-state index in [0.29, 0.717) is 16.3 Å². The topological polar surface area (TPSA) is 58.6 Å². The normalized spacial score (nSPS) is 11.7. The van der Waals surface area contributed by atoms with Gasteiger partial charge in [0.1, 0.15) is 5.75 Å². The van der Waals surface area contributed by atoms with Crippen LogP contribution in [0.15, 0.2) is 48.5 Å². The minimum atomic E-state index is -0.712. The zero-order valence-corrected chi connectivity index (χ0v) is 12.3. The number of carbonyl (C=O) groups excluding carboxylic acids is 1. The smallest absolute Gasteiger partial charge is 0.333 e. The number of hydrogen-bond donors (Lipinski definition) is 2. The van der Waals surface area contributed by atoms with Crippen LogP contribution in [0.5, 0.6) is 5.75 Å². The van der Waals surface area contributed by atoms with E-state index in [0.717, 1.165) is 0 Å². The lowest BCUT2D eigenvalue weighted by atomic mass is 10.1. The summed E-state index contributed by atoms with van der Waals surface area (Å²) in [5, 5.41) is 13.2. The Morgan fingerprint density at radius 1 is 1.29 bits per heavy atom. The van der Waals surface area contributed by atoms with E-state index in [4.69, 9.17) is 16.3 Å². The predicted octanol–water partition coefficient (Wildman–Crippen LogP) is 3.76. The van der Waals surface area contributed by atoms with Crippen molar-refractivity contribution in [2.24, 2.45) is 0 Å². The predicted molar refractivity (Wildman–Crippen MR) is 82.6 cm³/mol. The molecule has 1 atom stereocenters. The number of rotatable bonds is 5. The van der Waals surface area contributed by atoms with Crippen molar-refractivity contribution in [1.29, 1.82) is 0 Å². The molecule has 0 amide bonds. The number of anilines is 1. The fraction of sp³-hybridized carbons (Fsp3) is 0.188. The number of phenolic OH excluding ortho intramolecular Hbond substituents is 1. The van der Waals surface area contributed by atoms with E-state index in [9.17, 15) is 9.90 Å². The molecule has 110 valence electrons. The highest BCUT2D eigenvalue weighted by molar-refractivity contribution is 6.30. The molecular weight excluding hydrogens is 290 g/mol. The van der Waals surface area contributed by atoms with Gasteiger partial charge in [-0.2, -0.15) is 0 Å². The number of carbonyl (C=O) groups is 1. The van der Waals surface area contributed by atoms with E-state index in [1.807, 2.05) is 0 Å². The van der Waals surface area contributed by atoms with Crippen molar-refractivity contribution in [3.8, 4) is 5.75 Å². The number of aromatic hydroxyl groups is 1. The fourth-order valence-electron chi connectivity index (χ4n) is 1.95. The lowest BCUT2D eigenvalue weighted by Crippen LogP contribution is -2.23. The van der Waals surface area contributed by atoms with Gasteiger partial charge < -0.3 is 15.2 Å². The van der Waals surface area contributed by atoms with Gasteiger partial charge >= 0.3 is 5.97 Å². The molecule has 2 aromatic carbocycles. The third kappa shape index (κ3) is 4.13. The van der Waals surface area contributed by atoms with Gasteiger partial charge in [0.15, 0.2) is 6.04 Å². The summed E-state index contributed by atoms with van der Waals surface area (Å²) in [6.45, 7) is 2.03. The van der Waals surface area contributed by atoms with Gasteiger partial charge in [0, 0.05) is 10.7 Å². The summed E-state index contributed by atoms with van der Waals surface area (Å²) in [4.78, 5) is 12.1. The Hall–Kier alpha value is -2.20. The Labute approximate surface area is 128 Å². The van der Waals surface area contributed by atoms with Crippen LogP contribution in [0.1, 0.15) is 18.5 Å². The molecule has 0 bridgehead atoms. The molecule has 5 heteroatoms. The van der Waals surface area contributed by atoms with E-state index in [-0.39, 0.29) is 12.4 Å². The molecule has 0 heterocycles. The second-order valence-corrected chi connectivity index (χ2v) is 4.87.